The Bertz CT molecular complexity index is 1080. The van der Waals surface area contributed by atoms with Gasteiger partial charge in [-0.05, 0) is 51.4 Å². The van der Waals surface area contributed by atoms with Crippen LogP contribution < -0.4 is 0 Å². The molecule has 0 saturated heterocycles. The molecule has 0 saturated carbocycles. The molecule has 0 radical (unpaired) electrons. The van der Waals surface area contributed by atoms with Gasteiger partial charge in [0.05, 0.1) is 0 Å². The first-order valence-electron chi connectivity index (χ1n) is 29.8. The summed E-state index contributed by atoms with van der Waals surface area (Å²) in [6, 6.07) is 0. The predicted octanol–water partition coefficient (Wildman–Crippen LogP) is 19.9. The summed E-state index contributed by atoms with van der Waals surface area (Å²) in [5, 5.41) is 0. The first-order valence-corrected chi connectivity index (χ1v) is 29.8. The molecule has 1 unspecified atom stereocenters. The molecule has 0 rings (SSSR count). The van der Waals surface area contributed by atoms with Gasteiger partial charge in [-0.25, -0.2) is 0 Å². The molecule has 6 nitrogen and oxygen atoms in total. The van der Waals surface area contributed by atoms with Crippen LogP contribution >= 0.6 is 0 Å². The Labute approximate surface area is 417 Å². The van der Waals surface area contributed by atoms with E-state index in [0.29, 0.717) is 19.3 Å². The van der Waals surface area contributed by atoms with Crippen molar-refractivity contribution >= 4 is 17.9 Å². The molecule has 0 aromatic heterocycles. The van der Waals surface area contributed by atoms with Crippen molar-refractivity contribution in [2.45, 2.75) is 335 Å². The highest BCUT2D eigenvalue weighted by Gasteiger charge is 2.19. The van der Waals surface area contributed by atoms with Gasteiger partial charge < -0.3 is 14.2 Å². The predicted molar refractivity (Wildman–Crippen MR) is 289 cm³/mol. The van der Waals surface area contributed by atoms with Gasteiger partial charge >= 0.3 is 17.9 Å². The van der Waals surface area contributed by atoms with Crippen LogP contribution in [0.2, 0.25) is 0 Å². The lowest BCUT2D eigenvalue weighted by atomic mass is 10.0. The molecule has 0 aliphatic rings. The lowest BCUT2D eigenvalue weighted by Gasteiger charge is -2.18. The molecule has 394 valence electrons. The van der Waals surface area contributed by atoms with Gasteiger partial charge in [0, 0.05) is 19.3 Å². The third-order valence-corrected chi connectivity index (χ3v) is 13.5. The minimum atomic E-state index is -0.770. The van der Waals surface area contributed by atoms with Crippen LogP contribution in [0.1, 0.15) is 329 Å². The minimum Gasteiger partial charge on any atom is -0.462 e. The molecule has 0 amide bonds. The lowest BCUT2D eigenvalue weighted by molar-refractivity contribution is -0.167. The van der Waals surface area contributed by atoms with Crippen molar-refractivity contribution in [1.82, 2.24) is 0 Å². The number of allylic oxidation sites excluding steroid dienone is 4. The van der Waals surface area contributed by atoms with Gasteiger partial charge in [0.25, 0.3) is 0 Å². The van der Waals surface area contributed by atoms with Crippen molar-refractivity contribution < 1.29 is 28.6 Å². The van der Waals surface area contributed by atoms with E-state index in [1.165, 1.54) is 218 Å². The molecule has 6 heteroatoms. The van der Waals surface area contributed by atoms with Gasteiger partial charge in [-0.1, -0.05) is 283 Å². The fraction of sp³-hybridized carbons (Fsp3) is 0.885. The number of hydrogen-bond donors (Lipinski definition) is 0. The SMILES string of the molecule is CCCCC/C=C\C/C=C\CCCCCCCCCC(=O)OC(COC(=O)CCCCCCCCCCCCCCC)COC(=O)CCCCCCCCCCCCCCCCCCCCC. The van der Waals surface area contributed by atoms with Crippen LogP contribution in [-0.4, -0.2) is 37.2 Å². The summed E-state index contributed by atoms with van der Waals surface area (Å²) in [4.78, 5) is 38.2. The Morgan fingerprint density at radius 1 is 0.299 bits per heavy atom. The lowest BCUT2D eigenvalue weighted by Crippen LogP contribution is -2.30. The molecule has 67 heavy (non-hydrogen) atoms. The summed E-state index contributed by atoms with van der Waals surface area (Å²) < 4.78 is 16.9. The van der Waals surface area contributed by atoms with Crippen molar-refractivity contribution in [3.05, 3.63) is 24.3 Å². The number of hydrogen-bond acceptors (Lipinski definition) is 6. The van der Waals surface area contributed by atoms with Crippen molar-refractivity contribution in [2.75, 3.05) is 13.2 Å². The third-order valence-electron chi connectivity index (χ3n) is 13.5. The van der Waals surface area contributed by atoms with Crippen molar-refractivity contribution in [2.24, 2.45) is 0 Å². The monoisotopic (exact) mass is 943 g/mol. The number of carbonyl (C=O) groups is 3. The Morgan fingerprint density at radius 3 is 0.851 bits per heavy atom. The Morgan fingerprint density at radius 2 is 0.537 bits per heavy atom. The van der Waals surface area contributed by atoms with Crippen LogP contribution in [0.5, 0.6) is 0 Å². The average molecular weight is 944 g/mol. The zero-order valence-corrected chi connectivity index (χ0v) is 45.2. The second-order valence-corrected chi connectivity index (χ2v) is 20.3. The van der Waals surface area contributed by atoms with Crippen molar-refractivity contribution in [1.29, 1.82) is 0 Å². The topological polar surface area (TPSA) is 78.9 Å². The number of rotatable bonds is 55. The van der Waals surface area contributed by atoms with Crippen molar-refractivity contribution in [3.8, 4) is 0 Å². The maximum Gasteiger partial charge on any atom is 0.306 e. The van der Waals surface area contributed by atoms with E-state index in [9.17, 15) is 14.4 Å². The Balaban J connectivity index is 4.31. The molecule has 0 heterocycles. The van der Waals surface area contributed by atoms with E-state index >= 15 is 0 Å². The Kier molecular flexibility index (Phi) is 54.7. The maximum atomic E-state index is 12.9. The van der Waals surface area contributed by atoms with E-state index in [-0.39, 0.29) is 31.1 Å². The fourth-order valence-electron chi connectivity index (χ4n) is 8.95. The van der Waals surface area contributed by atoms with Crippen LogP contribution in [0, 0.1) is 0 Å². The molecular formula is C61H114O6. The van der Waals surface area contributed by atoms with E-state index in [4.69, 9.17) is 14.2 Å². The van der Waals surface area contributed by atoms with Gasteiger partial charge in [-0.3, -0.25) is 14.4 Å². The number of unbranched alkanes of at least 4 members (excludes halogenated alkanes) is 40. The van der Waals surface area contributed by atoms with Crippen LogP contribution in [0.15, 0.2) is 24.3 Å². The third kappa shape index (κ3) is 54.7. The van der Waals surface area contributed by atoms with Crippen molar-refractivity contribution in [3.63, 3.8) is 0 Å². The number of ether oxygens (including phenoxy) is 3. The quantitative estimate of drug-likeness (QED) is 0.0262. The van der Waals surface area contributed by atoms with E-state index in [1.807, 2.05) is 0 Å². The first kappa shape index (κ1) is 64.9. The summed E-state index contributed by atoms with van der Waals surface area (Å²) in [6.07, 6.45) is 66.0. The van der Waals surface area contributed by atoms with E-state index in [1.54, 1.807) is 0 Å². The highest BCUT2D eigenvalue weighted by molar-refractivity contribution is 5.71. The smallest absolute Gasteiger partial charge is 0.306 e. The largest absolute Gasteiger partial charge is 0.462 e. The first-order chi connectivity index (χ1) is 33.0. The van der Waals surface area contributed by atoms with Crippen LogP contribution in [0.3, 0.4) is 0 Å². The number of carbonyl (C=O) groups excluding carboxylic acids is 3. The second-order valence-electron chi connectivity index (χ2n) is 20.3. The van der Waals surface area contributed by atoms with Gasteiger partial charge in [-0.15, -0.1) is 0 Å². The van der Waals surface area contributed by atoms with Gasteiger partial charge in [0.2, 0.25) is 0 Å². The van der Waals surface area contributed by atoms with E-state index in [2.05, 4.69) is 45.1 Å². The molecule has 0 aliphatic heterocycles. The van der Waals surface area contributed by atoms with E-state index < -0.39 is 6.10 Å². The maximum absolute atomic E-state index is 12.9. The summed E-state index contributed by atoms with van der Waals surface area (Å²) in [5.74, 6) is -0.853. The van der Waals surface area contributed by atoms with Gasteiger partial charge in [0.1, 0.15) is 13.2 Å². The zero-order chi connectivity index (χ0) is 48.6. The summed E-state index contributed by atoms with van der Waals surface area (Å²) >= 11 is 0. The highest BCUT2D eigenvalue weighted by atomic mass is 16.6. The molecule has 0 aliphatic carbocycles. The summed E-state index contributed by atoms with van der Waals surface area (Å²) in [6.45, 7) is 6.66. The number of esters is 3. The highest BCUT2D eigenvalue weighted by Crippen LogP contribution is 2.17. The minimum absolute atomic E-state index is 0.0688. The molecular weight excluding hydrogens is 829 g/mol. The summed E-state index contributed by atoms with van der Waals surface area (Å²) in [7, 11) is 0. The molecule has 0 bridgehead atoms. The average Bonchev–Trinajstić information content (AvgIpc) is 3.33. The Hall–Kier alpha value is -2.11. The van der Waals surface area contributed by atoms with Gasteiger partial charge in [-0.2, -0.15) is 0 Å². The molecule has 0 fully saturated rings. The molecule has 1 atom stereocenters. The van der Waals surface area contributed by atoms with Gasteiger partial charge in [0.15, 0.2) is 6.10 Å². The fourth-order valence-corrected chi connectivity index (χ4v) is 8.95. The molecule has 0 aromatic carbocycles. The zero-order valence-electron chi connectivity index (χ0n) is 45.2. The van der Waals surface area contributed by atoms with Crippen LogP contribution in [-0.2, 0) is 28.6 Å². The molecule has 0 N–H and O–H groups in total. The normalized spacial score (nSPS) is 12.1. The van der Waals surface area contributed by atoms with E-state index in [0.717, 1.165) is 70.6 Å². The second kappa shape index (κ2) is 56.5. The van der Waals surface area contributed by atoms with Crippen LogP contribution in [0.4, 0.5) is 0 Å². The standard InChI is InChI=1S/C61H114O6/c1-4-7-10-13-16-19-22-25-27-29-30-32-33-36-39-42-45-48-51-54-60(63)66-57-58(56-65-59(62)53-50-47-44-41-38-35-24-21-18-15-12-9-6-3)67-61(64)55-52-49-46-43-40-37-34-31-28-26-23-20-17-14-11-8-5-2/h17,20,26,28,58H,4-16,18-19,21-25,27,29-57H2,1-3H3/b20-17-,28-26-. The van der Waals surface area contributed by atoms with Crippen LogP contribution in [0.25, 0.3) is 0 Å². The summed E-state index contributed by atoms with van der Waals surface area (Å²) in [5.41, 5.74) is 0. The molecule has 0 aromatic rings. The molecule has 0 spiro atoms.